The van der Waals surface area contributed by atoms with Crippen molar-refractivity contribution in [3.63, 3.8) is 0 Å². The van der Waals surface area contributed by atoms with E-state index in [1.165, 1.54) is 13.2 Å². The van der Waals surface area contributed by atoms with Gasteiger partial charge in [-0.2, -0.15) is 0 Å². The summed E-state index contributed by atoms with van der Waals surface area (Å²) in [6, 6.07) is 5.38. The number of anilines is 2. The number of halogens is 4. The quantitative estimate of drug-likeness (QED) is 0.340. The van der Waals surface area contributed by atoms with Crippen molar-refractivity contribution in [1.29, 1.82) is 0 Å². The highest BCUT2D eigenvalue weighted by atomic mass is 35.5. The van der Waals surface area contributed by atoms with Crippen LogP contribution in [-0.2, 0) is 4.79 Å². The molecular weight excluding hydrogens is 501 g/mol. The third-order valence-corrected chi connectivity index (χ3v) is 5.50. The molecule has 2 aromatic heterocycles. The van der Waals surface area contributed by atoms with Gasteiger partial charge in [-0.1, -0.05) is 11.6 Å². The lowest BCUT2D eigenvalue weighted by atomic mass is 10.1. The van der Waals surface area contributed by atoms with E-state index in [4.69, 9.17) is 16.3 Å². The predicted molar refractivity (Wildman–Crippen MR) is 126 cm³/mol. The summed E-state index contributed by atoms with van der Waals surface area (Å²) in [6.45, 7) is 1.84. The molecule has 0 aliphatic heterocycles. The van der Waals surface area contributed by atoms with Crippen molar-refractivity contribution in [2.75, 3.05) is 12.4 Å². The summed E-state index contributed by atoms with van der Waals surface area (Å²) in [5.74, 6) is -6.11. The average molecular weight is 519 g/mol. The Labute approximate surface area is 207 Å². The normalized spacial score (nSPS) is 11.8. The summed E-state index contributed by atoms with van der Waals surface area (Å²) in [7, 11) is 1.47. The molecule has 0 bridgehead atoms. The third kappa shape index (κ3) is 4.78. The molecule has 4 rings (SSSR count). The molecule has 1 atom stereocenters. The zero-order valence-corrected chi connectivity index (χ0v) is 19.6. The summed E-state index contributed by atoms with van der Waals surface area (Å²) >= 11 is 6.14. The Kier molecular flexibility index (Phi) is 6.75. The van der Waals surface area contributed by atoms with Crippen LogP contribution in [0.1, 0.15) is 17.3 Å². The number of imidazole rings is 1. The maximum Gasteiger partial charge on any atom is 0.331 e. The van der Waals surface area contributed by atoms with E-state index < -0.39 is 40.6 Å². The van der Waals surface area contributed by atoms with E-state index in [9.17, 15) is 27.9 Å². The van der Waals surface area contributed by atoms with E-state index in [0.717, 1.165) is 11.9 Å². The molecule has 0 fully saturated rings. The van der Waals surface area contributed by atoms with Crippen LogP contribution in [0.5, 0.6) is 5.75 Å². The van der Waals surface area contributed by atoms with Gasteiger partial charge < -0.3 is 19.7 Å². The van der Waals surface area contributed by atoms with E-state index in [0.29, 0.717) is 33.8 Å². The summed E-state index contributed by atoms with van der Waals surface area (Å²) < 4.78 is 48.9. The van der Waals surface area contributed by atoms with E-state index in [1.807, 2.05) is 6.92 Å². The topological polar surface area (TPSA) is 98.4 Å². The van der Waals surface area contributed by atoms with Crippen LogP contribution in [-0.4, -0.2) is 32.3 Å². The number of hydrogen-bond acceptors (Lipinski definition) is 5. The van der Waals surface area contributed by atoms with Crippen molar-refractivity contribution in [2.45, 2.75) is 13.0 Å². The molecule has 0 spiro atoms. The highest BCUT2D eigenvalue weighted by Gasteiger charge is 2.27. The van der Waals surface area contributed by atoms with Crippen molar-refractivity contribution in [1.82, 2.24) is 14.1 Å². The Balaban J connectivity index is 1.76. The Hall–Kier alpha value is -4.25. The number of carbonyl (C=O) groups is 1. The highest BCUT2D eigenvalue weighted by Crippen LogP contribution is 2.29. The molecule has 1 unspecified atom stereocenters. The minimum atomic E-state index is -1.89. The maximum atomic E-state index is 13.8. The number of ether oxygens (including phenoxy) is 1. The first-order valence-corrected chi connectivity index (χ1v) is 10.7. The van der Waals surface area contributed by atoms with Crippen molar-refractivity contribution in [3.05, 3.63) is 99.2 Å². The van der Waals surface area contributed by atoms with Crippen LogP contribution in [0.3, 0.4) is 0 Å². The van der Waals surface area contributed by atoms with Gasteiger partial charge in [-0.05, 0) is 42.8 Å². The number of hydrogen-bond donors (Lipinski definition) is 2. The Bertz CT molecular complexity index is 1510. The van der Waals surface area contributed by atoms with Crippen LogP contribution >= 0.6 is 11.6 Å². The number of rotatable bonds is 7. The number of pyridine rings is 1. The molecule has 186 valence electrons. The molecule has 2 N–H and O–H groups in total. The van der Waals surface area contributed by atoms with Gasteiger partial charge in [-0.25, -0.2) is 22.9 Å². The fourth-order valence-electron chi connectivity index (χ4n) is 3.68. The second-order valence-electron chi connectivity index (χ2n) is 7.76. The number of methoxy groups -OCH3 is 1. The molecule has 2 aromatic carbocycles. The van der Waals surface area contributed by atoms with Crippen LogP contribution in [0.25, 0.3) is 5.69 Å². The molecule has 0 aliphatic rings. The highest BCUT2D eigenvalue weighted by molar-refractivity contribution is 6.30. The molecular formula is C24H18ClF3N4O4. The molecule has 0 amide bonds. The zero-order valence-electron chi connectivity index (χ0n) is 18.8. The number of carboxylic acids is 1. The summed E-state index contributed by atoms with van der Waals surface area (Å²) in [5, 5.41) is 12.6. The molecule has 0 saturated heterocycles. The second kappa shape index (κ2) is 9.78. The molecule has 0 aliphatic carbocycles. The van der Waals surface area contributed by atoms with Crippen molar-refractivity contribution in [3.8, 4) is 11.4 Å². The minimum absolute atomic E-state index is 0.0381. The van der Waals surface area contributed by atoms with Crippen LogP contribution < -0.4 is 15.6 Å². The lowest BCUT2D eigenvalue weighted by molar-refractivity contribution is -0.139. The lowest BCUT2D eigenvalue weighted by Gasteiger charge is -2.19. The van der Waals surface area contributed by atoms with Gasteiger partial charge in [0, 0.05) is 24.1 Å². The van der Waals surface area contributed by atoms with Gasteiger partial charge in [0.15, 0.2) is 23.5 Å². The van der Waals surface area contributed by atoms with Crippen LogP contribution in [0.2, 0.25) is 5.02 Å². The van der Waals surface area contributed by atoms with Crippen LogP contribution in [0.4, 0.5) is 24.5 Å². The number of aromatic nitrogens is 3. The molecule has 8 nitrogen and oxygen atoms in total. The zero-order chi connectivity index (χ0) is 26.1. The number of nitrogens with one attached hydrogen (secondary N) is 1. The van der Waals surface area contributed by atoms with Gasteiger partial charge in [0.1, 0.15) is 11.4 Å². The van der Waals surface area contributed by atoms with E-state index >= 15 is 0 Å². The van der Waals surface area contributed by atoms with E-state index in [1.54, 1.807) is 35.3 Å². The summed E-state index contributed by atoms with van der Waals surface area (Å²) in [6.07, 6.45) is 4.43. The molecule has 0 radical (unpaired) electrons. The van der Waals surface area contributed by atoms with Crippen molar-refractivity contribution in [2.24, 2.45) is 0 Å². The SMILES string of the molecule is COc1cc(Nc2cc(Cl)cn(C(C(=O)O)c3cc(F)c(F)c(F)c3)c2=O)ccc1-n1cnc(C)c1. The second-order valence-corrected chi connectivity index (χ2v) is 8.19. The number of carboxylic acid groups (broad SMARTS) is 1. The third-order valence-electron chi connectivity index (χ3n) is 5.29. The van der Waals surface area contributed by atoms with Gasteiger partial charge in [0.25, 0.3) is 5.56 Å². The van der Waals surface area contributed by atoms with Gasteiger partial charge in [0.2, 0.25) is 0 Å². The average Bonchev–Trinajstić information content (AvgIpc) is 3.26. The molecule has 2 heterocycles. The van der Waals surface area contributed by atoms with E-state index in [2.05, 4.69) is 10.3 Å². The molecule has 4 aromatic rings. The maximum absolute atomic E-state index is 13.8. The molecule has 0 saturated carbocycles. The number of benzene rings is 2. The number of nitrogens with zero attached hydrogens (tertiary/aromatic N) is 3. The lowest BCUT2D eigenvalue weighted by Crippen LogP contribution is -2.31. The fraction of sp³-hybridized carbons (Fsp3) is 0.125. The Morgan fingerprint density at radius 3 is 2.42 bits per heavy atom. The van der Waals surface area contributed by atoms with Gasteiger partial charge in [0.05, 0.1) is 29.8 Å². The van der Waals surface area contributed by atoms with Crippen LogP contribution in [0, 0.1) is 24.4 Å². The molecule has 36 heavy (non-hydrogen) atoms. The number of aliphatic carboxylic acids is 1. The van der Waals surface area contributed by atoms with Gasteiger partial charge >= 0.3 is 5.97 Å². The first-order valence-electron chi connectivity index (χ1n) is 10.3. The van der Waals surface area contributed by atoms with Crippen molar-refractivity contribution >= 4 is 28.9 Å². The Morgan fingerprint density at radius 1 is 1.14 bits per heavy atom. The first-order chi connectivity index (χ1) is 17.1. The first kappa shape index (κ1) is 24.9. The van der Waals surface area contributed by atoms with Gasteiger partial charge in [-0.15, -0.1) is 0 Å². The summed E-state index contributed by atoms with van der Waals surface area (Å²) in [5.41, 5.74) is 0.418. The standard InChI is InChI=1S/C24H18ClF3N4O4/c1-12-9-31(11-29-12)19-4-3-15(8-20(19)36-2)30-18-7-14(25)10-32(23(18)33)22(24(34)35)13-5-16(26)21(28)17(27)6-13/h3-11,22,30H,1-2H3,(H,34,35). The number of aryl methyl sites for hydroxylation is 1. The minimum Gasteiger partial charge on any atom is -0.494 e. The monoisotopic (exact) mass is 518 g/mol. The largest absolute Gasteiger partial charge is 0.494 e. The Morgan fingerprint density at radius 2 is 1.83 bits per heavy atom. The smallest absolute Gasteiger partial charge is 0.331 e. The van der Waals surface area contributed by atoms with Gasteiger partial charge in [-0.3, -0.25) is 9.36 Å². The van der Waals surface area contributed by atoms with Crippen molar-refractivity contribution < 1.29 is 27.8 Å². The predicted octanol–water partition coefficient (Wildman–Crippen LogP) is 4.84. The van der Waals surface area contributed by atoms with E-state index in [-0.39, 0.29) is 10.7 Å². The summed E-state index contributed by atoms with van der Waals surface area (Å²) in [4.78, 5) is 29.4. The fourth-order valence-corrected chi connectivity index (χ4v) is 3.90. The van der Waals surface area contributed by atoms with Crippen LogP contribution in [0.15, 0.2) is 59.9 Å². The molecule has 12 heteroatoms.